The highest BCUT2D eigenvalue weighted by Crippen LogP contribution is 2.29. The lowest BCUT2D eigenvalue weighted by molar-refractivity contribution is -0.937. The minimum Gasteiger partial charge on any atom is -0.363 e. The highest BCUT2D eigenvalue weighted by atomic mass is 16.5. The lowest BCUT2D eigenvalue weighted by Crippen LogP contribution is -2.56. The molecule has 0 spiro atoms. The Hall–Kier alpha value is -1.64. The lowest BCUT2D eigenvalue weighted by atomic mass is 9.98. The minimum absolute atomic E-state index is 0.0274. The Labute approximate surface area is 146 Å². The van der Waals surface area contributed by atoms with Crippen molar-refractivity contribution in [3.8, 4) is 0 Å². The average molecular weight is 324 g/mol. The molecule has 0 amide bonds. The molecule has 0 N–H and O–H groups in total. The molecule has 24 heavy (non-hydrogen) atoms. The molecule has 2 heteroatoms. The first kappa shape index (κ1) is 17.2. The van der Waals surface area contributed by atoms with E-state index in [1.54, 1.807) is 0 Å². The standard InChI is InChI=1S/C22H30NO/c1-3-23(2)17-11-10-16-21(23)18-24-22(19-12-6-4-7-13-19)20-14-8-5-9-15-20/h4-9,12-15,21-22H,3,10-11,16-18H2,1-2H3/q+1. The molecule has 1 saturated heterocycles. The van der Waals surface area contributed by atoms with E-state index < -0.39 is 0 Å². The first-order valence-electron chi connectivity index (χ1n) is 9.28. The second-order valence-electron chi connectivity index (χ2n) is 7.20. The van der Waals surface area contributed by atoms with Gasteiger partial charge < -0.3 is 9.22 Å². The molecular weight excluding hydrogens is 294 g/mol. The van der Waals surface area contributed by atoms with Crippen molar-refractivity contribution in [2.75, 3.05) is 26.7 Å². The third-order valence-corrected chi connectivity index (χ3v) is 5.72. The maximum atomic E-state index is 6.54. The fraction of sp³-hybridized carbons (Fsp3) is 0.455. The Morgan fingerprint density at radius 1 is 0.958 bits per heavy atom. The van der Waals surface area contributed by atoms with E-state index in [2.05, 4.69) is 74.6 Å². The van der Waals surface area contributed by atoms with Gasteiger partial charge in [-0.25, -0.2) is 0 Å². The van der Waals surface area contributed by atoms with Crippen LogP contribution >= 0.6 is 0 Å². The summed E-state index contributed by atoms with van der Waals surface area (Å²) in [6.07, 6.45) is 3.99. The molecule has 2 aromatic rings. The van der Waals surface area contributed by atoms with E-state index in [0.717, 1.165) is 11.1 Å². The number of piperidine rings is 1. The number of likely N-dealkylation sites (N-methyl/N-ethyl adjacent to an activating group) is 1. The van der Waals surface area contributed by atoms with E-state index in [0.29, 0.717) is 6.04 Å². The highest BCUT2D eigenvalue weighted by Gasteiger charge is 2.34. The molecule has 1 aliphatic heterocycles. The molecule has 2 nitrogen and oxygen atoms in total. The number of benzene rings is 2. The van der Waals surface area contributed by atoms with Gasteiger partial charge >= 0.3 is 0 Å². The largest absolute Gasteiger partial charge is 0.363 e. The first-order chi connectivity index (χ1) is 11.7. The highest BCUT2D eigenvalue weighted by molar-refractivity contribution is 5.29. The van der Waals surface area contributed by atoms with Crippen LogP contribution in [0.1, 0.15) is 43.4 Å². The molecule has 1 heterocycles. The topological polar surface area (TPSA) is 9.23 Å². The Morgan fingerprint density at radius 3 is 2.08 bits per heavy atom. The smallest absolute Gasteiger partial charge is 0.112 e. The summed E-state index contributed by atoms with van der Waals surface area (Å²) in [5.41, 5.74) is 2.48. The van der Waals surface area contributed by atoms with Crippen LogP contribution in [-0.4, -0.2) is 37.3 Å². The van der Waals surface area contributed by atoms with E-state index >= 15 is 0 Å². The number of ether oxygens (including phenoxy) is 1. The van der Waals surface area contributed by atoms with Crippen LogP contribution in [0.25, 0.3) is 0 Å². The van der Waals surface area contributed by atoms with Gasteiger partial charge in [0.25, 0.3) is 0 Å². The number of rotatable bonds is 6. The average Bonchev–Trinajstić information content (AvgIpc) is 2.65. The van der Waals surface area contributed by atoms with Gasteiger partial charge in [0.1, 0.15) is 12.1 Å². The third kappa shape index (κ3) is 3.88. The number of hydrogen-bond donors (Lipinski definition) is 0. The van der Waals surface area contributed by atoms with Crippen LogP contribution < -0.4 is 0 Å². The Morgan fingerprint density at radius 2 is 1.54 bits per heavy atom. The van der Waals surface area contributed by atoms with Crippen molar-refractivity contribution < 1.29 is 9.22 Å². The summed E-state index contributed by atoms with van der Waals surface area (Å²) in [6, 6.07) is 21.8. The number of nitrogens with zero attached hydrogens (tertiary/aromatic N) is 1. The van der Waals surface area contributed by atoms with Gasteiger partial charge in [-0.1, -0.05) is 60.7 Å². The maximum absolute atomic E-state index is 6.54. The van der Waals surface area contributed by atoms with Crippen LogP contribution in [-0.2, 0) is 4.74 Å². The Bertz CT molecular complexity index is 573. The van der Waals surface area contributed by atoms with Gasteiger partial charge in [-0.3, -0.25) is 0 Å². The molecule has 0 aliphatic carbocycles. The Balaban J connectivity index is 1.78. The molecule has 0 bridgehead atoms. The van der Waals surface area contributed by atoms with Crippen LogP contribution in [0.4, 0.5) is 0 Å². The van der Waals surface area contributed by atoms with Crippen molar-refractivity contribution in [3.05, 3.63) is 71.8 Å². The second kappa shape index (κ2) is 7.96. The maximum Gasteiger partial charge on any atom is 0.112 e. The van der Waals surface area contributed by atoms with E-state index in [1.807, 2.05) is 0 Å². The summed E-state index contributed by atoms with van der Waals surface area (Å²) in [5.74, 6) is 0. The summed E-state index contributed by atoms with van der Waals surface area (Å²) < 4.78 is 7.68. The zero-order valence-electron chi connectivity index (χ0n) is 15.0. The van der Waals surface area contributed by atoms with Gasteiger partial charge in [0.2, 0.25) is 0 Å². The zero-order chi connectivity index (χ0) is 16.8. The quantitative estimate of drug-likeness (QED) is 0.693. The molecule has 2 atom stereocenters. The molecule has 0 saturated carbocycles. The van der Waals surface area contributed by atoms with Crippen molar-refractivity contribution in [1.82, 2.24) is 0 Å². The normalized spacial score (nSPS) is 24.2. The van der Waals surface area contributed by atoms with Crippen molar-refractivity contribution >= 4 is 0 Å². The first-order valence-corrected chi connectivity index (χ1v) is 9.28. The fourth-order valence-corrected chi connectivity index (χ4v) is 3.87. The van der Waals surface area contributed by atoms with Gasteiger partial charge in [0.15, 0.2) is 0 Å². The third-order valence-electron chi connectivity index (χ3n) is 5.72. The predicted octanol–water partition coefficient (Wildman–Crippen LogP) is 4.81. The molecule has 1 aliphatic rings. The van der Waals surface area contributed by atoms with Crippen molar-refractivity contribution in [2.24, 2.45) is 0 Å². The molecule has 3 rings (SSSR count). The van der Waals surface area contributed by atoms with Gasteiger partial charge in [0, 0.05) is 6.42 Å². The number of likely N-dealkylation sites (tertiary alicyclic amines) is 1. The van der Waals surface area contributed by atoms with Crippen LogP contribution in [0.2, 0.25) is 0 Å². The number of quaternary nitrogens is 1. The van der Waals surface area contributed by atoms with Crippen LogP contribution in [0, 0.1) is 0 Å². The number of hydrogen-bond acceptors (Lipinski definition) is 1. The molecular formula is C22H30NO+. The minimum atomic E-state index is 0.0274. The van der Waals surface area contributed by atoms with Crippen molar-refractivity contribution in [2.45, 2.75) is 38.3 Å². The van der Waals surface area contributed by atoms with Gasteiger partial charge in [-0.15, -0.1) is 0 Å². The van der Waals surface area contributed by atoms with E-state index in [9.17, 15) is 0 Å². The van der Waals surface area contributed by atoms with Crippen LogP contribution in [0.5, 0.6) is 0 Å². The van der Waals surface area contributed by atoms with Gasteiger partial charge in [0.05, 0.1) is 26.7 Å². The van der Waals surface area contributed by atoms with E-state index in [1.165, 1.54) is 43.5 Å². The summed E-state index contributed by atoms with van der Waals surface area (Å²) >= 11 is 0. The summed E-state index contributed by atoms with van der Waals surface area (Å²) in [6.45, 7) is 5.62. The molecule has 1 fully saturated rings. The van der Waals surface area contributed by atoms with E-state index in [4.69, 9.17) is 4.74 Å². The molecule has 2 aromatic carbocycles. The zero-order valence-corrected chi connectivity index (χ0v) is 15.0. The van der Waals surface area contributed by atoms with Crippen LogP contribution in [0.15, 0.2) is 60.7 Å². The molecule has 0 radical (unpaired) electrons. The SMILES string of the molecule is CC[N+]1(C)CCCCC1COC(c1ccccc1)c1ccccc1. The Kier molecular flexibility index (Phi) is 5.70. The molecule has 0 aromatic heterocycles. The monoisotopic (exact) mass is 324 g/mol. The van der Waals surface area contributed by atoms with E-state index in [-0.39, 0.29) is 6.10 Å². The molecule has 2 unspecified atom stereocenters. The summed E-state index contributed by atoms with van der Waals surface area (Å²) in [7, 11) is 2.40. The second-order valence-corrected chi connectivity index (χ2v) is 7.20. The summed E-state index contributed by atoms with van der Waals surface area (Å²) in [5, 5.41) is 0. The van der Waals surface area contributed by atoms with Gasteiger partial charge in [-0.05, 0) is 30.9 Å². The van der Waals surface area contributed by atoms with Crippen molar-refractivity contribution in [3.63, 3.8) is 0 Å². The van der Waals surface area contributed by atoms with Crippen molar-refractivity contribution in [1.29, 1.82) is 0 Å². The molecule has 128 valence electrons. The van der Waals surface area contributed by atoms with Gasteiger partial charge in [-0.2, -0.15) is 0 Å². The lowest BCUT2D eigenvalue weighted by Gasteiger charge is -2.44. The fourth-order valence-electron chi connectivity index (χ4n) is 3.87. The summed E-state index contributed by atoms with van der Waals surface area (Å²) in [4.78, 5) is 0. The van der Waals surface area contributed by atoms with Crippen LogP contribution in [0.3, 0.4) is 0 Å². The predicted molar refractivity (Wildman–Crippen MR) is 99.9 cm³/mol.